The van der Waals surface area contributed by atoms with Gasteiger partial charge in [-0.3, -0.25) is 9.69 Å². The fraction of sp³-hybridized carbons (Fsp3) is 0.556. The number of anilines is 1. The maximum absolute atomic E-state index is 12.3. The molecule has 1 aromatic carbocycles. The molecule has 0 saturated carbocycles. The van der Waals surface area contributed by atoms with E-state index in [1.165, 1.54) is 6.92 Å². The van der Waals surface area contributed by atoms with Gasteiger partial charge in [0.1, 0.15) is 0 Å². The number of hydrogen-bond donors (Lipinski definition) is 1. The van der Waals surface area contributed by atoms with Gasteiger partial charge in [0.05, 0.1) is 0 Å². The average molecular weight is 332 g/mol. The van der Waals surface area contributed by atoms with E-state index >= 15 is 0 Å². The third-order valence-corrected chi connectivity index (χ3v) is 4.28. The highest BCUT2D eigenvalue weighted by atomic mass is 16.2. The summed E-state index contributed by atoms with van der Waals surface area (Å²) in [5, 5.41) is 2.90. The van der Waals surface area contributed by atoms with Crippen LogP contribution in [0.15, 0.2) is 24.3 Å². The van der Waals surface area contributed by atoms with Crippen molar-refractivity contribution >= 4 is 17.5 Å². The summed E-state index contributed by atoms with van der Waals surface area (Å²) in [5.74, 6) is 0.0262. The predicted molar refractivity (Wildman–Crippen MR) is 96.6 cm³/mol. The number of hydrogen-bond acceptors (Lipinski definition) is 4. The van der Waals surface area contributed by atoms with Crippen LogP contribution < -0.4 is 5.32 Å². The number of rotatable bonds is 6. The van der Waals surface area contributed by atoms with Gasteiger partial charge in [0.15, 0.2) is 5.78 Å². The van der Waals surface area contributed by atoms with Crippen molar-refractivity contribution in [2.24, 2.45) is 0 Å². The fourth-order valence-electron chi connectivity index (χ4n) is 2.78. The molecule has 0 aliphatic carbocycles. The molecule has 1 aliphatic rings. The van der Waals surface area contributed by atoms with Gasteiger partial charge < -0.3 is 15.1 Å². The highest BCUT2D eigenvalue weighted by Gasteiger charge is 2.20. The normalized spacial score (nSPS) is 15.6. The number of piperazine rings is 1. The monoisotopic (exact) mass is 332 g/mol. The second kappa shape index (κ2) is 8.80. The van der Waals surface area contributed by atoms with Crippen LogP contribution in [-0.2, 0) is 0 Å². The van der Waals surface area contributed by atoms with Gasteiger partial charge in [-0.15, -0.1) is 0 Å². The van der Waals surface area contributed by atoms with Crippen molar-refractivity contribution in [3.05, 3.63) is 29.8 Å². The summed E-state index contributed by atoms with van der Waals surface area (Å²) in [4.78, 5) is 30.0. The van der Waals surface area contributed by atoms with Gasteiger partial charge in [0.25, 0.3) is 0 Å². The molecule has 1 heterocycles. The Balaban J connectivity index is 1.75. The first-order valence-electron chi connectivity index (χ1n) is 8.50. The van der Waals surface area contributed by atoms with E-state index in [4.69, 9.17) is 0 Å². The van der Waals surface area contributed by atoms with Crippen LogP contribution in [-0.4, -0.2) is 79.9 Å². The summed E-state index contributed by atoms with van der Waals surface area (Å²) in [6.07, 6.45) is 1.15. The number of amides is 2. The largest absolute Gasteiger partial charge is 0.322 e. The Hall–Kier alpha value is -1.92. The third-order valence-electron chi connectivity index (χ3n) is 4.28. The number of carbonyl (C=O) groups excluding carboxylic acids is 2. The van der Waals surface area contributed by atoms with Crippen LogP contribution >= 0.6 is 0 Å². The summed E-state index contributed by atoms with van der Waals surface area (Å²) in [5.41, 5.74) is 1.37. The molecular weight excluding hydrogens is 304 g/mol. The molecule has 2 amide bonds. The van der Waals surface area contributed by atoms with E-state index in [1.807, 2.05) is 4.90 Å². The molecule has 6 nitrogen and oxygen atoms in total. The van der Waals surface area contributed by atoms with Crippen LogP contribution in [0.5, 0.6) is 0 Å². The Morgan fingerprint density at radius 1 is 1.08 bits per heavy atom. The van der Waals surface area contributed by atoms with Gasteiger partial charge in [-0.1, -0.05) is 0 Å². The summed E-state index contributed by atoms with van der Waals surface area (Å²) in [6.45, 7) is 7.05. The van der Waals surface area contributed by atoms with Gasteiger partial charge >= 0.3 is 6.03 Å². The Bertz CT molecular complexity index is 549. The third kappa shape index (κ3) is 5.62. The molecule has 0 spiro atoms. The number of carbonyl (C=O) groups is 2. The van der Waals surface area contributed by atoms with E-state index in [2.05, 4.69) is 29.2 Å². The van der Waals surface area contributed by atoms with Crippen molar-refractivity contribution in [3.63, 3.8) is 0 Å². The first kappa shape index (κ1) is 18.4. The Morgan fingerprint density at radius 2 is 1.71 bits per heavy atom. The van der Waals surface area contributed by atoms with Gasteiger partial charge in [-0.05, 0) is 64.8 Å². The fourth-order valence-corrected chi connectivity index (χ4v) is 2.78. The zero-order valence-electron chi connectivity index (χ0n) is 14.9. The quantitative estimate of drug-likeness (QED) is 0.810. The lowest BCUT2D eigenvalue weighted by molar-refractivity contribution is 0.101. The molecule has 1 aliphatic heterocycles. The van der Waals surface area contributed by atoms with Crippen molar-refractivity contribution in [2.45, 2.75) is 13.3 Å². The minimum atomic E-state index is -0.0708. The maximum Gasteiger partial charge on any atom is 0.321 e. The summed E-state index contributed by atoms with van der Waals surface area (Å²) in [7, 11) is 4.18. The van der Waals surface area contributed by atoms with Crippen LogP contribution in [0, 0.1) is 0 Å². The van der Waals surface area contributed by atoms with Crippen LogP contribution in [0.2, 0.25) is 0 Å². The van der Waals surface area contributed by atoms with E-state index in [9.17, 15) is 9.59 Å². The number of nitrogens with one attached hydrogen (secondary N) is 1. The Labute approximate surface area is 144 Å². The lowest BCUT2D eigenvalue weighted by Crippen LogP contribution is -2.50. The van der Waals surface area contributed by atoms with E-state index in [0.717, 1.165) is 51.4 Å². The van der Waals surface area contributed by atoms with Crippen molar-refractivity contribution in [1.82, 2.24) is 14.7 Å². The van der Waals surface area contributed by atoms with Gasteiger partial charge in [0, 0.05) is 37.4 Å². The standard InChI is InChI=1S/C18H28N4O2/c1-15(23)16-5-7-17(8-6-16)19-18(24)22-13-11-21(12-14-22)10-4-9-20(2)3/h5-8H,4,9-14H2,1-3H3,(H,19,24). The zero-order valence-corrected chi connectivity index (χ0v) is 14.9. The summed E-state index contributed by atoms with van der Waals surface area (Å²) < 4.78 is 0. The van der Waals surface area contributed by atoms with Crippen molar-refractivity contribution in [2.75, 3.05) is 58.7 Å². The molecule has 6 heteroatoms. The number of Topliss-reactive ketones (excluding diaryl/α,β-unsaturated/α-hetero) is 1. The summed E-state index contributed by atoms with van der Waals surface area (Å²) in [6, 6.07) is 6.94. The molecule has 132 valence electrons. The van der Waals surface area contributed by atoms with Crippen molar-refractivity contribution in [3.8, 4) is 0 Å². The molecule has 1 fully saturated rings. The molecule has 0 unspecified atom stereocenters. The first-order chi connectivity index (χ1) is 11.5. The predicted octanol–water partition coefficient (Wildman–Crippen LogP) is 1.99. The highest BCUT2D eigenvalue weighted by molar-refractivity contribution is 5.95. The Morgan fingerprint density at radius 3 is 2.25 bits per heavy atom. The van der Waals surface area contributed by atoms with Gasteiger partial charge in [-0.25, -0.2) is 4.79 Å². The molecule has 2 rings (SSSR count). The maximum atomic E-state index is 12.3. The zero-order chi connectivity index (χ0) is 17.5. The van der Waals surface area contributed by atoms with Crippen LogP contribution in [0.1, 0.15) is 23.7 Å². The minimum Gasteiger partial charge on any atom is -0.322 e. The number of ketones is 1. The Kier molecular flexibility index (Phi) is 6.75. The number of benzene rings is 1. The molecule has 1 N–H and O–H groups in total. The minimum absolute atomic E-state index is 0.0262. The molecule has 0 aromatic heterocycles. The SMILES string of the molecule is CC(=O)c1ccc(NC(=O)N2CCN(CCCN(C)C)CC2)cc1. The number of nitrogens with zero attached hydrogens (tertiary/aromatic N) is 3. The molecule has 0 atom stereocenters. The lowest BCUT2D eigenvalue weighted by Gasteiger charge is -2.34. The van der Waals surface area contributed by atoms with E-state index in [0.29, 0.717) is 5.56 Å². The topological polar surface area (TPSA) is 55.9 Å². The highest BCUT2D eigenvalue weighted by Crippen LogP contribution is 2.12. The molecule has 24 heavy (non-hydrogen) atoms. The molecule has 1 saturated heterocycles. The second-order valence-corrected chi connectivity index (χ2v) is 6.55. The lowest BCUT2D eigenvalue weighted by atomic mass is 10.1. The second-order valence-electron chi connectivity index (χ2n) is 6.55. The van der Waals surface area contributed by atoms with Crippen molar-refractivity contribution in [1.29, 1.82) is 0 Å². The van der Waals surface area contributed by atoms with E-state index in [1.54, 1.807) is 24.3 Å². The summed E-state index contributed by atoms with van der Waals surface area (Å²) >= 11 is 0. The van der Waals surface area contributed by atoms with Crippen molar-refractivity contribution < 1.29 is 9.59 Å². The molecular formula is C18H28N4O2. The molecule has 0 bridgehead atoms. The van der Waals surface area contributed by atoms with Crippen LogP contribution in [0.4, 0.5) is 10.5 Å². The first-order valence-corrected chi connectivity index (χ1v) is 8.50. The van der Waals surface area contributed by atoms with E-state index < -0.39 is 0 Å². The number of urea groups is 1. The van der Waals surface area contributed by atoms with Crippen LogP contribution in [0.25, 0.3) is 0 Å². The average Bonchev–Trinajstić information content (AvgIpc) is 2.55. The van der Waals surface area contributed by atoms with Gasteiger partial charge in [-0.2, -0.15) is 0 Å². The van der Waals surface area contributed by atoms with Gasteiger partial charge in [0.2, 0.25) is 0 Å². The molecule has 1 aromatic rings. The van der Waals surface area contributed by atoms with Crippen LogP contribution in [0.3, 0.4) is 0 Å². The van der Waals surface area contributed by atoms with E-state index in [-0.39, 0.29) is 11.8 Å². The molecule has 0 radical (unpaired) electrons. The smallest absolute Gasteiger partial charge is 0.321 e.